The Morgan fingerprint density at radius 1 is 1.19 bits per heavy atom. The zero-order chi connectivity index (χ0) is 15.2. The van der Waals surface area contributed by atoms with Crippen LogP contribution >= 0.6 is 31.9 Å². The van der Waals surface area contributed by atoms with Crippen molar-refractivity contribution in [3.05, 3.63) is 57.0 Å². The first kappa shape index (κ1) is 16.0. The minimum absolute atomic E-state index is 0.0394. The van der Waals surface area contributed by atoms with Crippen molar-refractivity contribution in [1.29, 1.82) is 0 Å². The van der Waals surface area contributed by atoms with Crippen LogP contribution in [-0.2, 0) is 11.4 Å². The number of amides is 1. The molecule has 0 heterocycles. The lowest BCUT2D eigenvalue weighted by atomic mass is 10.2. The third-order valence-electron chi connectivity index (χ3n) is 2.65. The summed E-state index contributed by atoms with van der Waals surface area (Å²) in [7, 11) is 0. The highest BCUT2D eigenvalue weighted by Gasteiger charge is 2.07. The number of carbonyl (C=O) groups is 1. The molecular formula is C15H13Br2NO3. The Labute approximate surface area is 139 Å². The first-order chi connectivity index (χ1) is 10.1. The number of benzene rings is 2. The minimum atomic E-state index is -0.244. The molecule has 0 aliphatic heterocycles. The number of anilines is 1. The molecule has 6 heteroatoms. The fourth-order valence-corrected chi connectivity index (χ4v) is 2.61. The average molecular weight is 415 g/mol. The number of hydrogen-bond donors (Lipinski definition) is 2. The smallest absolute Gasteiger partial charge is 0.262 e. The van der Waals surface area contributed by atoms with Gasteiger partial charge in [0, 0.05) is 10.2 Å². The number of rotatable bonds is 5. The maximum Gasteiger partial charge on any atom is 0.262 e. The SMILES string of the molecule is O=C(COc1ccc(CO)cc1Br)Nc1cccc(Br)c1. The van der Waals surface area contributed by atoms with E-state index in [0.717, 1.165) is 10.0 Å². The summed E-state index contributed by atoms with van der Waals surface area (Å²) in [5.41, 5.74) is 1.47. The molecule has 2 rings (SSSR count). The van der Waals surface area contributed by atoms with Crippen LogP contribution in [0, 0.1) is 0 Å². The van der Waals surface area contributed by atoms with E-state index in [1.807, 2.05) is 18.2 Å². The maximum absolute atomic E-state index is 11.8. The van der Waals surface area contributed by atoms with Gasteiger partial charge >= 0.3 is 0 Å². The van der Waals surface area contributed by atoms with Crippen LogP contribution in [0.1, 0.15) is 5.56 Å². The largest absolute Gasteiger partial charge is 0.483 e. The lowest BCUT2D eigenvalue weighted by Gasteiger charge is -2.10. The highest BCUT2D eigenvalue weighted by atomic mass is 79.9. The van der Waals surface area contributed by atoms with Gasteiger partial charge in [0.2, 0.25) is 0 Å². The molecule has 0 saturated carbocycles. The summed E-state index contributed by atoms with van der Waals surface area (Å²) in [5.74, 6) is 0.308. The Hall–Kier alpha value is -1.37. The summed E-state index contributed by atoms with van der Waals surface area (Å²) in [4.78, 5) is 11.8. The standard InChI is InChI=1S/C15H13Br2NO3/c16-11-2-1-3-12(7-11)18-15(20)9-21-14-5-4-10(8-19)6-13(14)17/h1-7,19H,8-9H2,(H,18,20). The highest BCUT2D eigenvalue weighted by molar-refractivity contribution is 9.10. The van der Waals surface area contributed by atoms with E-state index in [4.69, 9.17) is 9.84 Å². The summed E-state index contributed by atoms with van der Waals surface area (Å²) >= 11 is 6.68. The van der Waals surface area contributed by atoms with Gasteiger partial charge in [-0.1, -0.05) is 28.1 Å². The molecule has 0 aromatic heterocycles. The van der Waals surface area contributed by atoms with Gasteiger partial charge in [0.1, 0.15) is 5.75 Å². The van der Waals surface area contributed by atoms with E-state index in [0.29, 0.717) is 15.9 Å². The van der Waals surface area contributed by atoms with Crippen LogP contribution in [0.15, 0.2) is 51.4 Å². The summed E-state index contributed by atoms with van der Waals surface area (Å²) < 4.78 is 7.04. The molecule has 0 bridgehead atoms. The van der Waals surface area contributed by atoms with Crippen molar-refractivity contribution in [2.24, 2.45) is 0 Å². The van der Waals surface area contributed by atoms with Crippen LogP contribution in [0.5, 0.6) is 5.75 Å². The van der Waals surface area contributed by atoms with Crippen molar-refractivity contribution in [3.8, 4) is 5.75 Å². The van der Waals surface area contributed by atoms with Gasteiger partial charge in [0.05, 0.1) is 11.1 Å². The van der Waals surface area contributed by atoms with Gasteiger partial charge in [0.15, 0.2) is 6.61 Å². The quantitative estimate of drug-likeness (QED) is 0.783. The summed E-state index contributed by atoms with van der Waals surface area (Å²) in [5, 5.41) is 11.8. The lowest BCUT2D eigenvalue weighted by molar-refractivity contribution is -0.118. The Morgan fingerprint density at radius 2 is 2.00 bits per heavy atom. The summed E-state index contributed by atoms with van der Waals surface area (Å²) in [6.45, 7) is -0.133. The van der Waals surface area contributed by atoms with Crippen molar-refractivity contribution < 1.29 is 14.6 Å². The van der Waals surface area contributed by atoms with Crippen LogP contribution in [0.4, 0.5) is 5.69 Å². The van der Waals surface area contributed by atoms with Crippen molar-refractivity contribution in [2.45, 2.75) is 6.61 Å². The second-order valence-corrected chi connectivity index (χ2v) is 6.04. The molecule has 2 N–H and O–H groups in total. The Balaban J connectivity index is 1.92. The second-order valence-electron chi connectivity index (χ2n) is 4.27. The van der Waals surface area contributed by atoms with Gasteiger partial charge in [-0.25, -0.2) is 0 Å². The maximum atomic E-state index is 11.8. The number of halogens is 2. The molecule has 0 saturated heterocycles. The molecule has 2 aromatic carbocycles. The predicted octanol–water partition coefficient (Wildman–Crippen LogP) is 3.72. The molecule has 110 valence electrons. The third-order valence-corrected chi connectivity index (χ3v) is 3.76. The Bertz CT molecular complexity index is 647. The summed E-state index contributed by atoms with van der Waals surface area (Å²) in [6.07, 6.45) is 0. The second kappa shape index (κ2) is 7.59. The molecule has 4 nitrogen and oxygen atoms in total. The number of carbonyl (C=O) groups excluding carboxylic acids is 1. The van der Waals surface area contributed by atoms with Gasteiger partial charge in [-0.15, -0.1) is 0 Å². The first-order valence-electron chi connectivity index (χ1n) is 6.16. The van der Waals surface area contributed by atoms with E-state index in [2.05, 4.69) is 37.2 Å². The average Bonchev–Trinajstić information content (AvgIpc) is 2.46. The van der Waals surface area contributed by atoms with E-state index in [1.54, 1.807) is 24.3 Å². The van der Waals surface area contributed by atoms with Crippen LogP contribution in [0.25, 0.3) is 0 Å². The van der Waals surface area contributed by atoms with Crippen LogP contribution in [0.3, 0.4) is 0 Å². The van der Waals surface area contributed by atoms with Crippen LogP contribution in [-0.4, -0.2) is 17.6 Å². The van der Waals surface area contributed by atoms with E-state index in [9.17, 15) is 4.79 Å². The third kappa shape index (κ3) is 4.84. The van der Waals surface area contributed by atoms with Crippen molar-refractivity contribution in [2.75, 3.05) is 11.9 Å². The van der Waals surface area contributed by atoms with Gasteiger partial charge in [-0.05, 0) is 51.8 Å². The molecule has 0 aliphatic rings. The zero-order valence-corrected chi connectivity index (χ0v) is 14.1. The van der Waals surface area contributed by atoms with Crippen LogP contribution < -0.4 is 10.1 Å². The molecule has 0 aliphatic carbocycles. The number of ether oxygens (including phenoxy) is 1. The molecule has 0 radical (unpaired) electrons. The number of hydrogen-bond acceptors (Lipinski definition) is 3. The van der Waals surface area contributed by atoms with Crippen molar-refractivity contribution >= 4 is 43.5 Å². The van der Waals surface area contributed by atoms with Crippen LogP contribution in [0.2, 0.25) is 0 Å². The molecule has 0 spiro atoms. The first-order valence-corrected chi connectivity index (χ1v) is 7.74. The molecule has 0 unspecified atom stereocenters. The van der Waals surface area contributed by atoms with Gasteiger partial charge in [-0.3, -0.25) is 4.79 Å². The molecule has 1 amide bonds. The molecule has 2 aromatic rings. The van der Waals surface area contributed by atoms with Crippen molar-refractivity contribution in [3.63, 3.8) is 0 Å². The molecular weight excluding hydrogens is 402 g/mol. The number of aliphatic hydroxyl groups excluding tert-OH is 1. The van der Waals surface area contributed by atoms with E-state index < -0.39 is 0 Å². The fourth-order valence-electron chi connectivity index (χ4n) is 1.67. The lowest BCUT2D eigenvalue weighted by Crippen LogP contribution is -2.20. The van der Waals surface area contributed by atoms with E-state index >= 15 is 0 Å². The molecule has 0 fully saturated rings. The molecule has 0 atom stereocenters. The minimum Gasteiger partial charge on any atom is -0.483 e. The number of nitrogens with one attached hydrogen (secondary N) is 1. The van der Waals surface area contributed by atoms with Crippen molar-refractivity contribution in [1.82, 2.24) is 0 Å². The molecule has 21 heavy (non-hydrogen) atoms. The zero-order valence-electron chi connectivity index (χ0n) is 11.0. The fraction of sp³-hybridized carbons (Fsp3) is 0.133. The van der Waals surface area contributed by atoms with Gasteiger partial charge in [0.25, 0.3) is 5.91 Å². The van der Waals surface area contributed by atoms with E-state index in [1.165, 1.54) is 0 Å². The topological polar surface area (TPSA) is 58.6 Å². The monoisotopic (exact) mass is 413 g/mol. The Kier molecular flexibility index (Phi) is 5.78. The van der Waals surface area contributed by atoms with E-state index in [-0.39, 0.29) is 19.1 Å². The predicted molar refractivity (Wildman–Crippen MR) is 88.3 cm³/mol. The number of aliphatic hydroxyl groups is 1. The summed E-state index contributed by atoms with van der Waals surface area (Å²) in [6, 6.07) is 12.5. The normalized spacial score (nSPS) is 10.2. The van der Waals surface area contributed by atoms with Gasteiger partial charge in [-0.2, -0.15) is 0 Å². The Morgan fingerprint density at radius 3 is 2.67 bits per heavy atom. The van der Waals surface area contributed by atoms with Gasteiger partial charge < -0.3 is 15.2 Å². The highest BCUT2D eigenvalue weighted by Crippen LogP contribution is 2.26.